The number of hydrogen-bond acceptors (Lipinski definition) is 3. The van der Waals surface area contributed by atoms with Crippen LogP contribution in [0.25, 0.3) is 5.70 Å². The number of halogens is 1. The van der Waals surface area contributed by atoms with E-state index < -0.39 is 0 Å². The number of nitrogens with one attached hydrogen (secondary N) is 1. The second-order valence-corrected chi connectivity index (χ2v) is 8.94. The Hall–Kier alpha value is -2.13. The first kappa shape index (κ1) is 24.1. The molecule has 1 aliphatic carbocycles. The van der Waals surface area contributed by atoms with Crippen LogP contribution in [0, 0.1) is 0 Å². The smallest absolute Gasteiger partial charge is 0.0668 e. The third kappa shape index (κ3) is 8.71. The number of hydrogen-bond donors (Lipinski definition) is 1. The molecule has 1 N–H and O–H groups in total. The maximum absolute atomic E-state index is 6.26. The monoisotopic (exact) mass is 425 g/mol. The zero-order chi connectivity index (χ0) is 22.1. The van der Waals surface area contributed by atoms with Gasteiger partial charge in [0.05, 0.1) is 12.2 Å². The molecule has 0 saturated heterocycles. The van der Waals surface area contributed by atoms with Crippen LogP contribution in [0.2, 0.25) is 5.02 Å². The van der Waals surface area contributed by atoms with Gasteiger partial charge in [-0.25, -0.2) is 0 Å². The largest absolute Gasteiger partial charge is 0.389 e. The Morgan fingerprint density at radius 1 is 1.17 bits per heavy atom. The first-order chi connectivity index (χ1) is 14.3. The molecule has 3 nitrogen and oxygen atoms in total. The van der Waals surface area contributed by atoms with Crippen molar-refractivity contribution < 1.29 is 0 Å². The van der Waals surface area contributed by atoms with Gasteiger partial charge in [-0.3, -0.25) is 9.98 Å². The van der Waals surface area contributed by atoms with Gasteiger partial charge in [-0.05, 0) is 77.0 Å². The molecule has 1 aliphatic rings. The third-order valence-electron chi connectivity index (χ3n) is 4.89. The zero-order valence-electron chi connectivity index (χ0n) is 19.0. The Bertz CT molecular complexity index is 849. The molecule has 0 aromatic heterocycles. The highest BCUT2D eigenvalue weighted by Gasteiger charge is 2.27. The van der Waals surface area contributed by atoms with Crippen molar-refractivity contribution in [3.05, 3.63) is 64.9 Å². The average molecular weight is 426 g/mol. The van der Waals surface area contributed by atoms with E-state index in [0.717, 1.165) is 60.2 Å². The van der Waals surface area contributed by atoms with Gasteiger partial charge in [-0.2, -0.15) is 0 Å². The van der Waals surface area contributed by atoms with E-state index in [2.05, 4.69) is 41.7 Å². The minimum absolute atomic E-state index is 0.615. The molecule has 0 aliphatic heterocycles. The maximum atomic E-state index is 6.26. The lowest BCUT2D eigenvalue weighted by molar-refractivity contribution is 0.708. The molecule has 1 fully saturated rings. The van der Waals surface area contributed by atoms with Crippen molar-refractivity contribution in [1.82, 2.24) is 5.32 Å². The van der Waals surface area contributed by atoms with Crippen LogP contribution in [0.1, 0.15) is 76.8 Å². The van der Waals surface area contributed by atoms with Gasteiger partial charge in [0, 0.05) is 40.7 Å². The van der Waals surface area contributed by atoms with Gasteiger partial charge in [0.15, 0.2) is 0 Å². The molecule has 0 bridgehead atoms. The summed E-state index contributed by atoms with van der Waals surface area (Å²) in [5.74, 6) is 0.615. The molecule has 1 saturated carbocycles. The summed E-state index contributed by atoms with van der Waals surface area (Å²) >= 11 is 6.26. The molecule has 4 heteroatoms. The lowest BCUT2D eigenvalue weighted by Crippen LogP contribution is -2.13. The summed E-state index contributed by atoms with van der Waals surface area (Å²) < 4.78 is 0. The molecule has 0 amide bonds. The predicted molar refractivity (Wildman–Crippen MR) is 134 cm³/mol. The van der Waals surface area contributed by atoms with E-state index in [4.69, 9.17) is 16.6 Å². The quantitative estimate of drug-likeness (QED) is 0.212. The van der Waals surface area contributed by atoms with Crippen LogP contribution in [0.15, 0.2) is 58.7 Å². The van der Waals surface area contributed by atoms with Crippen LogP contribution in [0.3, 0.4) is 0 Å². The van der Waals surface area contributed by atoms with Crippen molar-refractivity contribution >= 4 is 28.7 Å². The van der Waals surface area contributed by atoms with E-state index in [1.54, 1.807) is 0 Å². The molecule has 0 atom stereocenters. The first-order valence-corrected chi connectivity index (χ1v) is 11.2. The summed E-state index contributed by atoms with van der Waals surface area (Å²) in [7, 11) is 0. The third-order valence-corrected chi connectivity index (χ3v) is 5.13. The summed E-state index contributed by atoms with van der Waals surface area (Å²) in [6.07, 6.45) is 7.40. The Morgan fingerprint density at radius 2 is 1.90 bits per heavy atom. The van der Waals surface area contributed by atoms with Crippen molar-refractivity contribution in [2.45, 2.75) is 65.7 Å². The van der Waals surface area contributed by atoms with E-state index in [0.29, 0.717) is 5.92 Å². The van der Waals surface area contributed by atoms with Crippen molar-refractivity contribution in [3.63, 3.8) is 0 Å². The Labute approximate surface area is 187 Å². The Morgan fingerprint density at radius 3 is 2.53 bits per heavy atom. The Kier molecular flexibility index (Phi) is 9.58. The minimum atomic E-state index is 0.615. The normalized spacial score (nSPS) is 13.6. The van der Waals surface area contributed by atoms with E-state index >= 15 is 0 Å². The van der Waals surface area contributed by atoms with Crippen molar-refractivity contribution in [2.75, 3.05) is 13.1 Å². The van der Waals surface area contributed by atoms with Gasteiger partial charge in [-0.15, -0.1) is 0 Å². The molecular formula is C26H36ClN3. The molecule has 30 heavy (non-hydrogen) atoms. The summed E-state index contributed by atoms with van der Waals surface area (Å²) in [6, 6.07) is 6.17. The summed E-state index contributed by atoms with van der Waals surface area (Å²) in [5.41, 5.74) is 7.85. The standard InChI is InChI=1S/C26H36ClN3/c1-18(2)29-17-20(5)8-7-15-28-21(6)9-14-26(30-19(3)4)24-13-12-23(27)16-25(24)22-10-11-22/h12-14,16,22,28H,5-11,15,17H2,1-4H3/b26-14-. The molecule has 1 aromatic carbocycles. The van der Waals surface area contributed by atoms with Gasteiger partial charge in [0.25, 0.3) is 0 Å². The highest BCUT2D eigenvalue weighted by atomic mass is 35.5. The number of nitrogens with zero attached hydrogens (tertiary/aromatic N) is 2. The van der Waals surface area contributed by atoms with Crippen LogP contribution < -0.4 is 5.32 Å². The highest BCUT2D eigenvalue weighted by Crippen LogP contribution is 2.44. The van der Waals surface area contributed by atoms with E-state index in [9.17, 15) is 0 Å². The van der Waals surface area contributed by atoms with E-state index in [1.165, 1.54) is 29.5 Å². The maximum Gasteiger partial charge on any atom is 0.0668 e. The number of allylic oxidation sites excluding steroid dienone is 1. The fourth-order valence-electron chi connectivity index (χ4n) is 3.20. The highest BCUT2D eigenvalue weighted by molar-refractivity contribution is 6.30. The van der Waals surface area contributed by atoms with E-state index in [-0.39, 0.29) is 0 Å². The number of aliphatic imine (C=N–C) groups is 2. The molecule has 0 unspecified atom stereocenters. The van der Waals surface area contributed by atoms with Crippen LogP contribution in [0.5, 0.6) is 0 Å². The number of benzene rings is 1. The lowest BCUT2D eigenvalue weighted by atomic mass is 9.99. The van der Waals surface area contributed by atoms with Gasteiger partial charge >= 0.3 is 0 Å². The number of rotatable bonds is 12. The van der Waals surface area contributed by atoms with Crippen molar-refractivity contribution in [2.24, 2.45) is 9.98 Å². The second-order valence-electron chi connectivity index (χ2n) is 8.51. The molecule has 2 rings (SSSR count). The second kappa shape index (κ2) is 11.9. The fraction of sp³-hybridized carbons (Fsp3) is 0.462. The molecular weight excluding hydrogens is 390 g/mol. The lowest BCUT2D eigenvalue weighted by Gasteiger charge is -2.12. The molecule has 162 valence electrons. The minimum Gasteiger partial charge on any atom is -0.389 e. The first-order valence-electron chi connectivity index (χ1n) is 10.8. The Balaban J connectivity index is 1.94. The van der Waals surface area contributed by atoms with Gasteiger partial charge in [0.2, 0.25) is 0 Å². The summed E-state index contributed by atoms with van der Waals surface area (Å²) in [6.45, 7) is 18.0. The van der Waals surface area contributed by atoms with Crippen molar-refractivity contribution in [1.29, 1.82) is 0 Å². The molecule has 0 spiro atoms. The topological polar surface area (TPSA) is 36.8 Å². The van der Waals surface area contributed by atoms with Crippen LogP contribution in [-0.4, -0.2) is 24.5 Å². The van der Waals surface area contributed by atoms with Gasteiger partial charge in [-0.1, -0.05) is 42.5 Å². The summed E-state index contributed by atoms with van der Waals surface area (Å²) in [5, 5.41) is 4.23. The SMILES string of the molecule is C=C(CCCNC(=C)C/C=C(\N=C(C)C)c1ccc(Cl)cc1C1CC1)CN=C(C)C. The molecule has 0 heterocycles. The molecule has 1 aromatic rings. The van der Waals surface area contributed by atoms with Crippen LogP contribution >= 0.6 is 11.6 Å². The zero-order valence-corrected chi connectivity index (χ0v) is 19.8. The van der Waals surface area contributed by atoms with Gasteiger partial charge < -0.3 is 5.32 Å². The van der Waals surface area contributed by atoms with E-state index in [1.807, 2.05) is 33.8 Å². The van der Waals surface area contributed by atoms with Crippen molar-refractivity contribution in [3.8, 4) is 0 Å². The summed E-state index contributed by atoms with van der Waals surface area (Å²) in [4.78, 5) is 9.24. The fourth-order valence-corrected chi connectivity index (χ4v) is 3.38. The molecule has 0 radical (unpaired) electrons. The predicted octanol–water partition coefficient (Wildman–Crippen LogP) is 7.35. The average Bonchev–Trinajstić information content (AvgIpc) is 3.52. The van der Waals surface area contributed by atoms with Crippen LogP contribution in [-0.2, 0) is 0 Å². The van der Waals surface area contributed by atoms with Crippen LogP contribution in [0.4, 0.5) is 0 Å². The van der Waals surface area contributed by atoms with Gasteiger partial charge in [0.1, 0.15) is 0 Å².